The summed E-state index contributed by atoms with van der Waals surface area (Å²) in [6, 6.07) is 6.02. The van der Waals surface area contributed by atoms with Crippen molar-refractivity contribution in [3.63, 3.8) is 0 Å². The minimum atomic E-state index is -0.550. The molecular formula is C22H24FN5O4. The van der Waals surface area contributed by atoms with E-state index in [0.717, 1.165) is 25.9 Å². The number of carbonyl (C=O) groups is 2. The van der Waals surface area contributed by atoms with E-state index in [1.807, 2.05) is 6.07 Å². The molecule has 0 unspecified atom stereocenters. The molecule has 0 radical (unpaired) electrons. The molecule has 0 atom stereocenters. The van der Waals surface area contributed by atoms with Crippen molar-refractivity contribution in [3.8, 4) is 17.3 Å². The third kappa shape index (κ3) is 5.25. The Morgan fingerprint density at radius 1 is 1.25 bits per heavy atom. The summed E-state index contributed by atoms with van der Waals surface area (Å²) < 4.78 is 20.3. The lowest BCUT2D eigenvalue weighted by atomic mass is 9.89. The van der Waals surface area contributed by atoms with Crippen LogP contribution in [0.4, 0.5) is 4.39 Å². The van der Waals surface area contributed by atoms with Crippen LogP contribution in [0, 0.1) is 17.1 Å². The van der Waals surface area contributed by atoms with Gasteiger partial charge in [-0.15, -0.1) is 0 Å². The Morgan fingerprint density at radius 2 is 1.94 bits per heavy atom. The van der Waals surface area contributed by atoms with E-state index in [0.29, 0.717) is 25.3 Å². The van der Waals surface area contributed by atoms with E-state index in [4.69, 9.17) is 14.6 Å². The van der Waals surface area contributed by atoms with Crippen LogP contribution in [0.1, 0.15) is 28.9 Å². The van der Waals surface area contributed by atoms with Crippen LogP contribution in [0.3, 0.4) is 0 Å². The Balaban J connectivity index is 0.000000913. The molecule has 1 aromatic carbocycles. The van der Waals surface area contributed by atoms with Crippen LogP contribution in [0.25, 0.3) is 11.3 Å². The van der Waals surface area contributed by atoms with Crippen molar-refractivity contribution in [2.75, 3.05) is 39.8 Å². The van der Waals surface area contributed by atoms with Crippen molar-refractivity contribution < 1.29 is 23.8 Å². The minimum absolute atomic E-state index is 0.0926. The first-order valence-electron chi connectivity index (χ1n) is 10.1. The number of amides is 1. The van der Waals surface area contributed by atoms with Gasteiger partial charge in [0.1, 0.15) is 17.6 Å². The Morgan fingerprint density at radius 3 is 2.59 bits per heavy atom. The molecule has 4 rings (SSSR count). The molecule has 2 aromatic rings. The number of nitriles is 1. The highest BCUT2D eigenvalue weighted by molar-refractivity contribution is 5.95. The number of piperidine rings is 1. The van der Waals surface area contributed by atoms with Crippen molar-refractivity contribution in [2.45, 2.75) is 18.4 Å². The summed E-state index contributed by atoms with van der Waals surface area (Å²) in [7, 11) is 2.08. The number of carboxylic acid groups (broad SMARTS) is 1. The van der Waals surface area contributed by atoms with Gasteiger partial charge >= 0.3 is 0 Å². The van der Waals surface area contributed by atoms with Crippen LogP contribution in [0.2, 0.25) is 0 Å². The summed E-state index contributed by atoms with van der Waals surface area (Å²) in [5.74, 6) is -0.779. The maximum absolute atomic E-state index is 14.3. The van der Waals surface area contributed by atoms with Crippen molar-refractivity contribution in [2.24, 2.45) is 0 Å². The summed E-state index contributed by atoms with van der Waals surface area (Å²) in [5.41, 5.74) is 0.767. The monoisotopic (exact) mass is 441 g/mol. The second-order valence-electron chi connectivity index (χ2n) is 7.76. The second-order valence-corrected chi connectivity index (χ2v) is 7.76. The molecule has 1 amide bonds. The van der Waals surface area contributed by atoms with Gasteiger partial charge in [0.05, 0.1) is 12.2 Å². The molecular weight excluding hydrogens is 417 g/mol. The molecule has 2 saturated heterocycles. The maximum atomic E-state index is 14.3. The number of ether oxygens (including phenoxy) is 1. The molecule has 9 nitrogen and oxygen atoms in total. The number of aromatic nitrogens is 2. The fraction of sp³-hybridized carbons (Fsp3) is 0.409. The normalized spacial score (nSPS) is 17.7. The van der Waals surface area contributed by atoms with Gasteiger partial charge in [0.15, 0.2) is 5.69 Å². The van der Waals surface area contributed by atoms with Crippen molar-refractivity contribution in [1.29, 1.82) is 5.26 Å². The topological polar surface area (TPSA) is 120 Å². The van der Waals surface area contributed by atoms with Crippen LogP contribution in [0.5, 0.6) is 0 Å². The van der Waals surface area contributed by atoms with E-state index in [1.165, 1.54) is 24.5 Å². The number of hydrogen-bond donors (Lipinski definition) is 1. The van der Waals surface area contributed by atoms with E-state index in [9.17, 15) is 14.4 Å². The number of morpholine rings is 1. The minimum Gasteiger partial charge on any atom is -0.483 e. The SMILES string of the molecule is CN1CCOC2(CCN(C(=O)c3cc(F)cc(-c4nccnc4C#N)c3)CC2)C1.O=CO. The van der Waals surface area contributed by atoms with Gasteiger partial charge in [-0.1, -0.05) is 0 Å². The Hall–Kier alpha value is -3.42. The largest absolute Gasteiger partial charge is 0.483 e. The van der Waals surface area contributed by atoms with Gasteiger partial charge in [0.25, 0.3) is 12.4 Å². The lowest BCUT2D eigenvalue weighted by molar-refractivity contribution is -0.127. The van der Waals surface area contributed by atoms with E-state index >= 15 is 0 Å². The predicted molar refractivity (Wildman–Crippen MR) is 112 cm³/mol. The second kappa shape index (κ2) is 10.3. The highest BCUT2D eigenvalue weighted by Crippen LogP contribution is 2.31. The third-order valence-electron chi connectivity index (χ3n) is 5.62. The zero-order chi connectivity index (χ0) is 23.1. The van der Waals surface area contributed by atoms with Gasteiger partial charge in [0.2, 0.25) is 0 Å². The van der Waals surface area contributed by atoms with E-state index < -0.39 is 5.82 Å². The molecule has 1 N–H and O–H groups in total. The van der Waals surface area contributed by atoms with E-state index in [-0.39, 0.29) is 34.9 Å². The van der Waals surface area contributed by atoms with Crippen LogP contribution in [-0.2, 0) is 9.53 Å². The van der Waals surface area contributed by atoms with Gasteiger partial charge in [-0.3, -0.25) is 14.6 Å². The summed E-state index contributed by atoms with van der Waals surface area (Å²) in [6.45, 7) is 3.36. The number of nitrogens with zero attached hydrogens (tertiary/aromatic N) is 5. The smallest absolute Gasteiger partial charge is 0.290 e. The summed E-state index contributed by atoms with van der Waals surface area (Å²) in [4.78, 5) is 33.5. The molecule has 3 heterocycles. The molecule has 0 bridgehead atoms. The molecule has 1 aromatic heterocycles. The Labute approximate surface area is 185 Å². The summed E-state index contributed by atoms with van der Waals surface area (Å²) >= 11 is 0. The molecule has 10 heteroatoms. The number of carbonyl (C=O) groups excluding carboxylic acids is 1. The highest BCUT2D eigenvalue weighted by atomic mass is 19.1. The van der Waals surface area contributed by atoms with Gasteiger partial charge < -0.3 is 19.6 Å². The van der Waals surface area contributed by atoms with Crippen molar-refractivity contribution in [1.82, 2.24) is 19.8 Å². The maximum Gasteiger partial charge on any atom is 0.290 e. The molecule has 0 saturated carbocycles. The number of rotatable bonds is 2. The number of halogens is 1. The molecule has 32 heavy (non-hydrogen) atoms. The molecule has 168 valence electrons. The first-order chi connectivity index (χ1) is 15.4. The van der Waals surface area contributed by atoms with Gasteiger partial charge in [-0.05, 0) is 38.1 Å². The summed E-state index contributed by atoms with van der Waals surface area (Å²) in [5, 5.41) is 16.1. The lowest BCUT2D eigenvalue weighted by Gasteiger charge is -2.46. The van der Waals surface area contributed by atoms with Crippen LogP contribution in [-0.4, -0.2) is 82.7 Å². The molecule has 1 spiro atoms. The molecule has 2 fully saturated rings. The van der Waals surface area contributed by atoms with E-state index in [1.54, 1.807) is 11.0 Å². The first kappa shape index (κ1) is 23.2. The Kier molecular flexibility index (Phi) is 7.45. The molecule has 2 aliphatic rings. The highest BCUT2D eigenvalue weighted by Gasteiger charge is 2.39. The van der Waals surface area contributed by atoms with E-state index in [2.05, 4.69) is 21.9 Å². The molecule has 0 aliphatic carbocycles. The molecule has 2 aliphatic heterocycles. The fourth-order valence-electron chi connectivity index (χ4n) is 4.12. The number of likely N-dealkylation sites (N-methyl/N-ethyl adjacent to an activating group) is 1. The number of hydrogen-bond acceptors (Lipinski definition) is 7. The van der Waals surface area contributed by atoms with Crippen LogP contribution >= 0.6 is 0 Å². The average molecular weight is 441 g/mol. The van der Waals surface area contributed by atoms with Crippen LogP contribution < -0.4 is 0 Å². The van der Waals surface area contributed by atoms with Gasteiger partial charge in [-0.25, -0.2) is 9.37 Å². The zero-order valence-electron chi connectivity index (χ0n) is 17.7. The first-order valence-corrected chi connectivity index (χ1v) is 10.1. The van der Waals surface area contributed by atoms with Gasteiger partial charge in [-0.2, -0.15) is 5.26 Å². The van der Waals surface area contributed by atoms with Crippen LogP contribution in [0.15, 0.2) is 30.6 Å². The van der Waals surface area contributed by atoms with Crippen molar-refractivity contribution >= 4 is 12.4 Å². The quantitative estimate of drug-likeness (QED) is 0.701. The standard InChI is InChI=1S/C21H22FN5O2.CH2O2/c1-26-8-9-29-21(14-26)2-6-27(7-3-21)20(28)16-10-15(11-17(22)12-16)19-18(13-23)24-4-5-25-19;2-1-3/h4-5,10-12H,2-3,6-9,14H2,1H3;1H,(H,2,3). The number of likely N-dealkylation sites (tertiary alicyclic amines) is 1. The van der Waals surface area contributed by atoms with Crippen molar-refractivity contribution in [3.05, 3.63) is 47.7 Å². The predicted octanol–water partition coefficient (Wildman–Crippen LogP) is 1.79. The zero-order valence-corrected chi connectivity index (χ0v) is 17.7. The third-order valence-corrected chi connectivity index (χ3v) is 5.62. The lowest BCUT2D eigenvalue weighted by Crippen LogP contribution is -2.56. The Bertz CT molecular complexity index is 1020. The summed E-state index contributed by atoms with van der Waals surface area (Å²) in [6.07, 6.45) is 4.36. The fourth-order valence-corrected chi connectivity index (χ4v) is 4.12. The van der Waals surface area contributed by atoms with Gasteiger partial charge in [0, 0.05) is 49.7 Å². The number of benzene rings is 1. The average Bonchev–Trinajstić information content (AvgIpc) is 2.79.